The summed E-state index contributed by atoms with van der Waals surface area (Å²) in [5.41, 5.74) is 1.32. The van der Waals surface area contributed by atoms with Gasteiger partial charge in [0.1, 0.15) is 23.7 Å². The van der Waals surface area contributed by atoms with Gasteiger partial charge in [0.05, 0.1) is 17.3 Å². The van der Waals surface area contributed by atoms with Crippen molar-refractivity contribution in [3.63, 3.8) is 0 Å². The van der Waals surface area contributed by atoms with E-state index in [2.05, 4.69) is 15.3 Å². The van der Waals surface area contributed by atoms with Crippen molar-refractivity contribution < 1.29 is 9.53 Å². The average Bonchev–Trinajstić information content (AvgIpc) is 3.22. The van der Waals surface area contributed by atoms with E-state index in [1.54, 1.807) is 25.3 Å². The first kappa shape index (κ1) is 16.1. The number of pyridine rings is 1. The number of nitrogens with one attached hydrogen (secondary N) is 1. The third kappa shape index (κ3) is 3.01. The molecule has 2 aromatic rings. The number of nitriles is 1. The quantitative estimate of drug-likeness (QED) is 0.924. The Balaban J connectivity index is 1.76. The Bertz CT molecular complexity index is 793. The van der Waals surface area contributed by atoms with Gasteiger partial charge in [-0.3, -0.25) is 4.79 Å². The van der Waals surface area contributed by atoms with Crippen LogP contribution in [0.4, 0.5) is 0 Å². The molecule has 1 fully saturated rings. The minimum Gasteiger partial charge on any atom is -0.368 e. The van der Waals surface area contributed by atoms with Gasteiger partial charge in [-0.15, -0.1) is 0 Å². The molecule has 7 heteroatoms. The van der Waals surface area contributed by atoms with Gasteiger partial charge in [-0.05, 0) is 32.4 Å². The Labute approximate surface area is 140 Å². The summed E-state index contributed by atoms with van der Waals surface area (Å²) in [4.78, 5) is 21.1. The Morgan fingerprint density at radius 2 is 2.38 bits per heavy atom. The minimum absolute atomic E-state index is 0.150. The monoisotopic (exact) mass is 325 g/mol. The molecule has 7 nitrogen and oxygen atoms in total. The van der Waals surface area contributed by atoms with Crippen molar-refractivity contribution in [3.05, 3.63) is 47.3 Å². The largest absolute Gasteiger partial charge is 0.368 e. The third-order valence-electron chi connectivity index (χ3n) is 4.19. The molecule has 0 aromatic carbocycles. The highest BCUT2D eigenvalue weighted by molar-refractivity contribution is 5.92. The first-order chi connectivity index (χ1) is 11.6. The molecule has 24 heavy (non-hydrogen) atoms. The van der Waals surface area contributed by atoms with Gasteiger partial charge in [0, 0.05) is 25.5 Å². The smallest absolute Gasteiger partial charge is 0.270 e. The van der Waals surface area contributed by atoms with Gasteiger partial charge in [0.25, 0.3) is 5.91 Å². The number of rotatable bonds is 4. The van der Waals surface area contributed by atoms with Crippen LogP contribution in [0.5, 0.6) is 0 Å². The molecule has 1 N–H and O–H groups in total. The summed E-state index contributed by atoms with van der Waals surface area (Å²) in [5, 5.41) is 11.9. The van der Waals surface area contributed by atoms with Crippen LogP contribution in [0.2, 0.25) is 0 Å². The number of carbonyl (C=O) groups excluding carboxylic acids is 1. The lowest BCUT2D eigenvalue weighted by atomic mass is 10.1. The van der Waals surface area contributed by atoms with Crippen LogP contribution in [0.15, 0.2) is 24.5 Å². The number of amides is 1. The fraction of sp³-hybridized carbons (Fsp3) is 0.412. The van der Waals surface area contributed by atoms with E-state index in [9.17, 15) is 4.79 Å². The van der Waals surface area contributed by atoms with Crippen LogP contribution in [0.3, 0.4) is 0 Å². The molecule has 1 aliphatic heterocycles. The highest BCUT2D eigenvalue weighted by Gasteiger charge is 2.34. The van der Waals surface area contributed by atoms with E-state index in [-0.39, 0.29) is 18.1 Å². The number of aromatic nitrogens is 3. The molecule has 0 unspecified atom stereocenters. The van der Waals surface area contributed by atoms with Crippen molar-refractivity contribution in [1.29, 1.82) is 5.26 Å². The number of ether oxygens (including phenoxy) is 1. The van der Waals surface area contributed by atoms with E-state index in [4.69, 9.17) is 10.00 Å². The Morgan fingerprint density at radius 1 is 1.54 bits per heavy atom. The predicted molar refractivity (Wildman–Crippen MR) is 86.2 cm³/mol. The van der Waals surface area contributed by atoms with E-state index in [1.165, 1.54) is 0 Å². The molecule has 124 valence electrons. The lowest BCUT2D eigenvalue weighted by Gasteiger charge is -2.20. The van der Waals surface area contributed by atoms with E-state index < -0.39 is 0 Å². The number of hydrogen-bond acceptors (Lipinski definition) is 5. The maximum atomic E-state index is 12.5. The zero-order valence-electron chi connectivity index (χ0n) is 13.7. The first-order valence-corrected chi connectivity index (χ1v) is 7.95. The van der Waals surface area contributed by atoms with Gasteiger partial charge in [-0.25, -0.2) is 9.97 Å². The van der Waals surface area contributed by atoms with Crippen LogP contribution in [0.1, 0.15) is 47.0 Å². The second-order valence-electron chi connectivity index (χ2n) is 5.67. The van der Waals surface area contributed by atoms with Crippen molar-refractivity contribution in [2.24, 2.45) is 0 Å². The van der Waals surface area contributed by atoms with Crippen molar-refractivity contribution >= 4 is 5.91 Å². The van der Waals surface area contributed by atoms with E-state index >= 15 is 0 Å². The van der Waals surface area contributed by atoms with Crippen molar-refractivity contribution in [1.82, 2.24) is 19.9 Å². The van der Waals surface area contributed by atoms with E-state index in [0.717, 1.165) is 18.8 Å². The summed E-state index contributed by atoms with van der Waals surface area (Å²) in [6.07, 6.45) is 4.11. The number of hydrogen-bond donors (Lipinski definition) is 1. The van der Waals surface area contributed by atoms with E-state index in [1.807, 2.05) is 23.8 Å². The van der Waals surface area contributed by atoms with Crippen molar-refractivity contribution in [2.75, 3.05) is 6.61 Å². The Kier molecular flexibility index (Phi) is 4.58. The second-order valence-corrected chi connectivity index (χ2v) is 5.67. The first-order valence-electron chi connectivity index (χ1n) is 7.95. The van der Waals surface area contributed by atoms with Gasteiger partial charge < -0.3 is 14.6 Å². The summed E-state index contributed by atoms with van der Waals surface area (Å²) >= 11 is 0. The van der Waals surface area contributed by atoms with Gasteiger partial charge in [0.2, 0.25) is 0 Å². The second kappa shape index (κ2) is 6.81. The molecule has 2 atom stereocenters. The van der Waals surface area contributed by atoms with Gasteiger partial charge in [-0.2, -0.15) is 5.26 Å². The SMILES string of the molecule is CCn1ccnc1[C@H]1OCC[C@@H]1NC(=O)c1ccc(C#N)c(C)n1. The summed E-state index contributed by atoms with van der Waals surface area (Å²) in [7, 11) is 0. The molecule has 0 radical (unpaired) electrons. The molecule has 3 heterocycles. The number of carbonyl (C=O) groups is 1. The molecule has 0 spiro atoms. The van der Waals surface area contributed by atoms with Gasteiger partial charge in [0.15, 0.2) is 0 Å². The zero-order valence-corrected chi connectivity index (χ0v) is 13.7. The van der Waals surface area contributed by atoms with Crippen LogP contribution in [-0.2, 0) is 11.3 Å². The third-order valence-corrected chi connectivity index (χ3v) is 4.19. The number of nitrogens with zero attached hydrogens (tertiary/aromatic N) is 4. The van der Waals surface area contributed by atoms with E-state index in [0.29, 0.717) is 23.6 Å². The Morgan fingerprint density at radius 3 is 3.08 bits per heavy atom. The van der Waals surface area contributed by atoms with Crippen LogP contribution in [0.25, 0.3) is 0 Å². The standard InChI is InChI=1S/C17H19N5O2/c1-3-22-8-7-19-16(22)15-13(6-9-24-15)21-17(23)14-5-4-12(10-18)11(2)20-14/h4-5,7-8,13,15H,3,6,9H2,1-2H3,(H,21,23)/t13-,15-/m0/s1. The molecule has 2 aromatic heterocycles. The van der Waals surface area contributed by atoms with Crippen LogP contribution < -0.4 is 5.32 Å². The van der Waals surface area contributed by atoms with Gasteiger partial charge >= 0.3 is 0 Å². The minimum atomic E-state index is -0.266. The molecular weight excluding hydrogens is 306 g/mol. The normalized spacial score (nSPS) is 19.9. The molecule has 0 saturated carbocycles. The fourth-order valence-corrected chi connectivity index (χ4v) is 2.88. The molecule has 1 aliphatic rings. The highest BCUT2D eigenvalue weighted by atomic mass is 16.5. The summed E-state index contributed by atoms with van der Waals surface area (Å²) in [6.45, 7) is 5.13. The van der Waals surface area contributed by atoms with Crippen molar-refractivity contribution in [3.8, 4) is 6.07 Å². The predicted octanol–water partition coefficient (Wildman–Crippen LogP) is 1.74. The van der Waals surface area contributed by atoms with Crippen LogP contribution >= 0.6 is 0 Å². The van der Waals surface area contributed by atoms with Crippen LogP contribution in [0, 0.1) is 18.3 Å². The topological polar surface area (TPSA) is 92.8 Å². The van der Waals surface area contributed by atoms with Crippen LogP contribution in [-0.4, -0.2) is 33.1 Å². The molecule has 1 saturated heterocycles. The molecular formula is C17H19N5O2. The molecule has 0 bridgehead atoms. The summed E-state index contributed by atoms with van der Waals surface area (Å²) in [5.74, 6) is 0.557. The maximum absolute atomic E-state index is 12.5. The molecule has 1 amide bonds. The number of aryl methyl sites for hydroxylation is 2. The number of imidazole rings is 1. The molecule has 0 aliphatic carbocycles. The molecule has 3 rings (SSSR count). The van der Waals surface area contributed by atoms with Crippen molar-refractivity contribution in [2.45, 2.75) is 39.0 Å². The lowest BCUT2D eigenvalue weighted by molar-refractivity contribution is 0.0772. The summed E-state index contributed by atoms with van der Waals surface area (Å²) in [6, 6.07) is 5.08. The van der Waals surface area contributed by atoms with Gasteiger partial charge in [-0.1, -0.05) is 0 Å². The lowest BCUT2D eigenvalue weighted by Crippen LogP contribution is -2.38. The Hall–Kier alpha value is -2.72. The highest BCUT2D eigenvalue weighted by Crippen LogP contribution is 2.28. The average molecular weight is 325 g/mol. The maximum Gasteiger partial charge on any atom is 0.270 e. The summed E-state index contributed by atoms with van der Waals surface area (Å²) < 4.78 is 7.80. The zero-order chi connectivity index (χ0) is 17.1. The fourth-order valence-electron chi connectivity index (χ4n) is 2.88.